The number of benzene rings is 3. The predicted octanol–water partition coefficient (Wildman–Crippen LogP) is 3.39. The fourth-order valence-corrected chi connectivity index (χ4v) is 3.72. The molecule has 3 aromatic rings. The molecule has 1 unspecified atom stereocenters. The fraction of sp³-hybridized carbons (Fsp3) is 0.160. The van der Waals surface area contributed by atoms with Gasteiger partial charge in [0.1, 0.15) is 11.8 Å². The van der Waals surface area contributed by atoms with E-state index in [4.69, 9.17) is 4.74 Å². The Morgan fingerprint density at radius 1 is 0.935 bits per heavy atom. The SMILES string of the molecule is COc1ccc(C(=O)CN2C(=O)c3ccccc3C2C(=O)NCc2ccccc2)cc1. The third-order valence-electron chi connectivity index (χ3n) is 5.34. The number of hydrogen-bond acceptors (Lipinski definition) is 4. The molecular formula is C25H22N2O4. The van der Waals surface area contributed by atoms with Crippen molar-refractivity contribution >= 4 is 17.6 Å². The van der Waals surface area contributed by atoms with Crippen LogP contribution >= 0.6 is 0 Å². The molecule has 0 fully saturated rings. The maximum Gasteiger partial charge on any atom is 0.255 e. The second kappa shape index (κ2) is 8.83. The number of amides is 2. The Bertz CT molecular complexity index is 1110. The summed E-state index contributed by atoms with van der Waals surface area (Å²) in [6.45, 7) is 0.149. The van der Waals surface area contributed by atoms with Crippen molar-refractivity contribution < 1.29 is 19.1 Å². The largest absolute Gasteiger partial charge is 0.497 e. The van der Waals surface area contributed by atoms with Crippen LogP contribution in [0.3, 0.4) is 0 Å². The number of methoxy groups -OCH3 is 1. The Hall–Kier alpha value is -3.93. The van der Waals surface area contributed by atoms with E-state index >= 15 is 0 Å². The summed E-state index contributed by atoms with van der Waals surface area (Å²) in [7, 11) is 1.55. The lowest BCUT2D eigenvalue weighted by Crippen LogP contribution is -2.41. The molecule has 0 spiro atoms. The van der Waals surface area contributed by atoms with Crippen LogP contribution in [0.25, 0.3) is 0 Å². The standard InChI is InChI=1S/C25H22N2O4/c1-31-19-13-11-18(12-14-19)22(28)16-27-23(20-9-5-6-10-21(20)25(27)30)24(29)26-15-17-7-3-2-4-8-17/h2-14,23H,15-16H2,1H3,(H,26,29). The van der Waals surface area contributed by atoms with Crippen molar-refractivity contribution in [2.45, 2.75) is 12.6 Å². The molecule has 156 valence electrons. The van der Waals surface area contributed by atoms with Gasteiger partial charge in [0.15, 0.2) is 5.78 Å². The number of fused-ring (bicyclic) bond motifs is 1. The molecule has 0 aliphatic carbocycles. The van der Waals surface area contributed by atoms with Crippen molar-refractivity contribution in [2.75, 3.05) is 13.7 Å². The number of ketones is 1. The van der Waals surface area contributed by atoms with E-state index in [1.54, 1.807) is 55.6 Å². The van der Waals surface area contributed by atoms with Crippen LogP contribution in [0, 0.1) is 0 Å². The van der Waals surface area contributed by atoms with Gasteiger partial charge in [-0.05, 0) is 41.5 Å². The minimum atomic E-state index is -0.852. The number of carbonyl (C=O) groups excluding carboxylic acids is 3. The summed E-state index contributed by atoms with van der Waals surface area (Å²) >= 11 is 0. The van der Waals surface area contributed by atoms with Crippen LogP contribution in [-0.2, 0) is 11.3 Å². The topological polar surface area (TPSA) is 75.7 Å². The number of nitrogens with one attached hydrogen (secondary N) is 1. The summed E-state index contributed by atoms with van der Waals surface area (Å²) in [6.07, 6.45) is 0. The van der Waals surface area contributed by atoms with Gasteiger partial charge in [0, 0.05) is 17.7 Å². The van der Waals surface area contributed by atoms with E-state index in [1.807, 2.05) is 30.3 Å². The minimum Gasteiger partial charge on any atom is -0.497 e. The minimum absolute atomic E-state index is 0.191. The molecule has 1 heterocycles. The van der Waals surface area contributed by atoms with Crippen molar-refractivity contribution in [3.63, 3.8) is 0 Å². The maximum absolute atomic E-state index is 13.1. The van der Waals surface area contributed by atoms with Gasteiger partial charge in [-0.25, -0.2) is 0 Å². The smallest absolute Gasteiger partial charge is 0.255 e. The van der Waals surface area contributed by atoms with Crippen LogP contribution in [0.2, 0.25) is 0 Å². The molecule has 4 rings (SSSR count). The lowest BCUT2D eigenvalue weighted by molar-refractivity contribution is -0.125. The summed E-state index contributed by atoms with van der Waals surface area (Å²) in [5.41, 5.74) is 2.47. The van der Waals surface area contributed by atoms with Gasteiger partial charge in [0.05, 0.1) is 13.7 Å². The zero-order chi connectivity index (χ0) is 21.8. The normalized spacial score (nSPS) is 14.8. The van der Waals surface area contributed by atoms with Crippen LogP contribution < -0.4 is 10.1 Å². The molecule has 0 saturated carbocycles. The van der Waals surface area contributed by atoms with Crippen molar-refractivity contribution in [3.05, 3.63) is 101 Å². The summed E-state index contributed by atoms with van der Waals surface area (Å²) in [5.74, 6) is -0.244. The number of ether oxygens (including phenoxy) is 1. The van der Waals surface area contributed by atoms with Gasteiger partial charge in [-0.2, -0.15) is 0 Å². The Labute approximate surface area is 180 Å². The Balaban J connectivity index is 1.56. The average molecular weight is 414 g/mol. The lowest BCUT2D eigenvalue weighted by Gasteiger charge is -2.24. The summed E-state index contributed by atoms with van der Waals surface area (Å²) < 4.78 is 5.12. The summed E-state index contributed by atoms with van der Waals surface area (Å²) in [5, 5.41) is 2.90. The third kappa shape index (κ3) is 4.19. The highest BCUT2D eigenvalue weighted by molar-refractivity contribution is 6.08. The van der Waals surface area contributed by atoms with Crippen molar-refractivity contribution in [1.82, 2.24) is 10.2 Å². The third-order valence-corrected chi connectivity index (χ3v) is 5.34. The van der Waals surface area contributed by atoms with Gasteiger partial charge in [-0.15, -0.1) is 0 Å². The van der Waals surface area contributed by atoms with Gasteiger partial charge >= 0.3 is 0 Å². The molecule has 0 saturated heterocycles. The quantitative estimate of drug-likeness (QED) is 0.602. The van der Waals surface area contributed by atoms with Crippen molar-refractivity contribution in [3.8, 4) is 5.75 Å². The molecule has 0 bridgehead atoms. The zero-order valence-corrected chi connectivity index (χ0v) is 17.1. The number of nitrogens with zero attached hydrogens (tertiary/aromatic N) is 1. The lowest BCUT2D eigenvalue weighted by atomic mass is 10.0. The molecule has 6 nitrogen and oxygen atoms in total. The average Bonchev–Trinajstić information content (AvgIpc) is 3.10. The monoisotopic (exact) mass is 414 g/mol. The molecule has 31 heavy (non-hydrogen) atoms. The first-order chi connectivity index (χ1) is 15.1. The highest BCUT2D eigenvalue weighted by Gasteiger charge is 2.41. The molecule has 1 atom stereocenters. The number of rotatable bonds is 7. The zero-order valence-electron chi connectivity index (χ0n) is 17.1. The van der Waals surface area contributed by atoms with Crippen LogP contribution in [0.1, 0.15) is 37.9 Å². The second-order valence-corrected chi connectivity index (χ2v) is 7.28. The van der Waals surface area contributed by atoms with E-state index in [1.165, 1.54) is 4.90 Å². The maximum atomic E-state index is 13.1. The van der Waals surface area contributed by atoms with E-state index < -0.39 is 6.04 Å². The fourth-order valence-electron chi connectivity index (χ4n) is 3.72. The number of hydrogen-bond donors (Lipinski definition) is 1. The van der Waals surface area contributed by atoms with E-state index in [-0.39, 0.29) is 24.1 Å². The van der Waals surface area contributed by atoms with E-state index in [9.17, 15) is 14.4 Å². The first-order valence-corrected chi connectivity index (χ1v) is 9.97. The molecule has 1 N–H and O–H groups in total. The van der Waals surface area contributed by atoms with Gasteiger partial charge in [-0.3, -0.25) is 14.4 Å². The molecule has 1 aliphatic heterocycles. The number of Topliss-reactive ketones (excluding diaryl/α,β-unsaturated/α-hetero) is 1. The van der Waals surface area contributed by atoms with Crippen LogP contribution in [-0.4, -0.2) is 36.2 Å². The number of carbonyl (C=O) groups is 3. The molecule has 1 aliphatic rings. The van der Waals surface area contributed by atoms with E-state index in [0.717, 1.165) is 5.56 Å². The van der Waals surface area contributed by atoms with Gasteiger partial charge < -0.3 is 15.0 Å². The Morgan fingerprint density at radius 3 is 2.32 bits per heavy atom. The van der Waals surface area contributed by atoms with Gasteiger partial charge in [0.2, 0.25) is 5.91 Å². The van der Waals surface area contributed by atoms with Crippen LogP contribution in [0.4, 0.5) is 0 Å². The Kier molecular flexibility index (Phi) is 5.80. The molecule has 2 amide bonds. The second-order valence-electron chi connectivity index (χ2n) is 7.28. The van der Waals surface area contributed by atoms with Gasteiger partial charge in [0.25, 0.3) is 5.91 Å². The van der Waals surface area contributed by atoms with E-state index in [2.05, 4.69) is 5.32 Å². The summed E-state index contributed by atoms with van der Waals surface area (Å²) in [6, 6.07) is 22.4. The molecule has 3 aromatic carbocycles. The first kappa shape index (κ1) is 20.3. The van der Waals surface area contributed by atoms with Crippen molar-refractivity contribution in [2.24, 2.45) is 0 Å². The molecule has 0 radical (unpaired) electrons. The molecular weight excluding hydrogens is 392 g/mol. The Morgan fingerprint density at radius 2 is 1.61 bits per heavy atom. The van der Waals surface area contributed by atoms with Gasteiger partial charge in [-0.1, -0.05) is 48.5 Å². The van der Waals surface area contributed by atoms with E-state index in [0.29, 0.717) is 29.0 Å². The molecule has 6 heteroatoms. The van der Waals surface area contributed by atoms with Crippen LogP contribution in [0.15, 0.2) is 78.9 Å². The first-order valence-electron chi connectivity index (χ1n) is 9.97. The molecule has 0 aromatic heterocycles. The highest BCUT2D eigenvalue weighted by atomic mass is 16.5. The van der Waals surface area contributed by atoms with Crippen LogP contribution in [0.5, 0.6) is 5.75 Å². The van der Waals surface area contributed by atoms with Crippen molar-refractivity contribution in [1.29, 1.82) is 0 Å². The highest BCUT2D eigenvalue weighted by Crippen LogP contribution is 2.34. The summed E-state index contributed by atoms with van der Waals surface area (Å²) in [4.78, 5) is 40.4. The predicted molar refractivity (Wildman–Crippen MR) is 116 cm³/mol.